The molecule has 0 radical (unpaired) electrons. The monoisotopic (exact) mass is 424 g/mol. The summed E-state index contributed by atoms with van der Waals surface area (Å²) in [5.41, 5.74) is 3.90. The SMILES string of the molecule is CN1c2ccc(-c3cccc(F)c3)cc2[C@@H]2[C@@H](CCN2C(=O)C2CCOCC2)[C@@H]1CO. The molecule has 2 fully saturated rings. The summed E-state index contributed by atoms with van der Waals surface area (Å²) < 4.78 is 19.3. The molecule has 0 aromatic heterocycles. The Bertz CT molecular complexity index is 975. The van der Waals surface area contributed by atoms with E-state index in [9.17, 15) is 14.3 Å². The van der Waals surface area contributed by atoms with Crippen LogP contribution in [0.4, 0.5) is 10.1 Å². The molecule has 6 heteroatoms. The molecule has 0 unspecified atom stereocenters. The number of rotatable bonds is 3. The fourth-order valence-electron chi connectivity index (χ4n) is 5.73. The summed E-state index contributed by atoms with van der Waals surface area (Å²) in [5, 5.41) is 10.2. The van der Waals surface area contributed by atoms with Crippen molar-refractivity contribution in [3.05, 3.63) is 53.8 Å². The van der Waals surface area contributed by atoms with Crippen LogP contribution in [0.25, 0.3) is 11.1 Å². The predicted octanol–water partition coefficient (Wildman–Crippen LogP) is 3.62. The lowest BCUT2D eigenvalue weighted by Gasteiger charge is -2.45. The lowest BCUT2D eigenvalue weighted by atomic mass is 9.80. The zero-order valence-corrected chi connectivity index (χ0v) is 17.8. The normalized spacial score (nSPS) is 26.0. The van der Waals surface area contributed by atoms with Gasteiger partial charge in [0.2, 0.25) is 5.91 Å². The lowest BCUT2D eigenvalue weighted by Crippen LogP contribution is -2.49. The van der Waals surface area contributed by atoms with E-state index in [1.54, 1.807) is 12.1 Å². The highest BCUT2D eigenvalue weighted by atomic mass is 19.1. The maximum absolute atomic E-state index is 13.8. The first-order chi connectivity index (χ1) is 15.1. The molecule has 31 heavy (non-hydrogen) atoms. The van der Waals surface area contributed by atoms with Crippen molar-refractivity contribution in [2.45, 2.75) is 31.3 Å². The number of hydrogen-bond acceptors (Lipinski definition) is 4. The van der Waals surface area contributed by atoms with E-state index in [1.807, 2.05) is 30.1 Å². The number of hydrogen-bond donors (Lipinski definition) is 1. The first-order valence-electron chi connectivity index (χ1n) is 11.2. The number of benzene rings is 2. The van der Waals surface area contributed by atoms with Crippen LogP contribution in [0.3, 0.4) is 0 Å². The van der Waals surface area contributed by atoms with Crippen molar-refractivity contribution in [1.29, 1.82) is 0 Å². The van der Waals surface area contributed by atoms with Gasteiger partial charge in [-0.2, -0.15) is 0 Å². The van der Waals surface area contributed by atoms with Crippen LogP contribution < -0.4 is 4.90 Å². The summed E-state index contributed by atoms with van der Waals surface area (Å²) in [6, 6.07) is 12.7. The van der Waals surface area contributed by atoms with Crippen molar-refractivity contribution in [2.24, 2.45) is 11.8 Å². The Morgan fingerprint density at radius 2 is 1.90 bits per heavy atom. The van der Waals surface area contributed by atoms with Gasteiger partial charge in [0, 0.05) is 44.3 Å². The zero-order valence-electron chi connectivity index (χ0n) is 17.8. The third-order valence-corrected chi connectivity index (χ3v) is 7.36. The molecule has 5 rings (SSSR count). The van der Waals surface area contributed by atoms with Crippen molar-refractivity contribution in [3.63, 3.8) is 0 Å². The number of aliphatic hydroxyl groups is 1. The molecule has 0 saturated carbocycles. The fourth-order valence-corrected chi connectivity index (χ4v) is 5.73. The van der Waals surface area contributed by atoms with Crippen LogP contribution in [0.15, 0.2) is 42.5 Å². The van der Waals surface area contributed by atoms with Crippen LogP contribution in [-0.2, 0) is 9.53 Å². The molecular weight excluding hydrogens is 395 g/mol. The Hall–Kier alpha value is -2.44. The van der Waals surface area contributed by atoms with E-state index in [0.717, 1.165) is 41.6 Å². The third-order valence-electron chi connectivity index (χ3n) is 7.36. The number of amides is 1. The molecule has 0 bridgehead atoms. The highest BCUT2D eigenvalue weighted by Crippen LogP contribution is 2.50. The number of carbonyl (C=O) groups is 1. The van der Waals surface area contributed by atoms with Crippen LogP contribution in [0.5, 0.6) is 0 Å². The number of anilines is 1. The highest BCUT2D eigenvalue weighted by molar-refractivity contribution is 5.81. The first-order valence-corrected chi connectivity index (χ1v) is 11.2. The Morgan fingerprint density at radius 1 is 1.13 bits per heavy atom. The summed E-state index contributed by atoms with van der Waals surface area (Å²) in [6.45, 7) is 2.04. The van der Waals surface area contributed by atoms with Crippen LogP contribution in [0, 0.1) is 17.7 Å². The third kappa shape index (κ3) is 3.52. The van der Waals surface area contributed by atoms with E-state index in [4.69, 9.17) is 4.74 Å². The number of fused-ring (bicyclic) bond motifs is 3. The smallest absolute Gasteiger partial charge is 0.226 e. The van der Waals surface area contributed by atoms with Gasteiger partial charge in [0.1, 0.15) is 5.82 Å². The maximum Gasteiger partial charge on any atom is 0.226 e. The summed E-state index contributed by atoms with van der Waals surface area (Å²) in [6.07, 6.45) is 2.41. The molecule has 164 valence electrons. The van der Waals surface area contributed by atoms with Crippen LogP contribution in [0.1, 0.15) is 30.9 Å². The van der Waals surface area contributed by atoms with Gasteiger partial charge in [-0.1, -0.05) is 18.2 Å². The number of ether oxygens (including phenoxy) is 1. The number of aliphatic hydroxyl groups excluding tert-OH is 1. The second-order valence-electron chi connectivity index (χ2n) is 8.96. The largest absolute Gasteiger partial charge is 0.394 e. The Labute approximate surface area is 182 Å². The average Bonchev–Trinajstić information content (AvgIpc) is 3.24. The summed E-state index contributed by atoms with van der Waals surface area (Å²) in [5.74, 6) is 0.130. The summed E-state index contributed by atoms with van der Waals surface area (Å²) in [4.78, 5) is 17.7. The van der Waals surface area contributed by atoms with E-state index < -0.39 is 0 Å². The molecule has 0 spiro atoms. The number of likely N-dealkylation sites (N-methyl/N-ethyl adjacent to an activating group) is 1. The van der Waals surface area contributed by atoms with Gasteiger partial charge in [-0.25, -0.2) is 4.39 Å². The standard InChI is InChI=1S/C25H29FN2O3/c1-27-22-6-5-18(17-3-2-4-19(26)13-17)14-21(22)24-20(23(27)15-29)7-10-28(24)25(30)16-8-11-31-12-9-16/h2-6,13-14,16,20,23-24,29H,7-12,15H2,1H3/t20-,23-,24-/m0/s1. The van der Waals surface area contributed by atoms with Crippen LogP contribution >= 0.6 is 0 Å². The van der Waals surface area contributed by atoms with Gasteiger partial charge in [0.05, 0.1) is 18.7 Å². The van der Waals surface area contributed by atoms with Gasteiger partial charge in [0.25, 0.3) is 0 Å². The van der Waals surface area contributed by atoms with Crippen molar-refractivity contribution < 1.29 is 19.0 Å². The molecule has 3 heterocycles. The Balaban J connectivity index is 1.56. The molecule has 1 N–H and O–H groups in total. The van der Waals surface area contributed by atoms with Crippen molar-refractivity contribution in [3.8, 4) is 11.1 Å². The first kappa shape index (κ1) is 20.5. The van der Waals surface area contributed by atoms with Crippen LogP contribution in [-0.4, -0.2) is 55.4 Å². The number of halogens is 1. The highest BCUT2D eigenvalue weighted by Gasteiger charge is 2.48. The van der Waals surface area contributed by atoms with E-state index in [1.165, 1.54) is 6.07 Å². The van der Waals surface area contributed by atoms with Crippen molar-refractivity contribution in [1.82, 2.24) is 4.90 Å². The summed E-state index contributed by atoms with van der Waals surface area (Å²) >= 11 is 0. The van der Waals surface area contributed by atoms with Crippen LogP contribution in [0.2, 0.25) is 0 Å². The van der Waals surface area contributed by atoms with E-state index in [2.05, 4.69) is 11.0 Å². The number of carbonyl (C=O) groups excluding carboxylic acids is 1. The molecule has 3 atom stereocenters. The van der Waals surface area contributed by atoms with Gasteiger partial charge < -0.3 is 19.6 Å². The molecular formula is C25H29FN2O3. The topological polar surface area (TPSA) is 53.0 Å². The van der Waals surface area contributed by atoms with E-state index in [0.29, 0.717) is 19.8 Å². The lowest BCUT2D eigenvalue weighted by molar-refractivity contribution is -0.140. The van der Waals surface area contributed by atoms with Crippen molar-refractivity contribution in [2.75, 3.05) is 38.3 Å². The van der Waals surface area contributed by atoms with Gasteiger partial charge in [-0.15, -0.1) is 0 Å². The zero-order chi connectivity index (χ0) is 21.5. The van der Waals surface area contributed by atoms with Gasteiger partial charge in [-0.05, 0) is 60.2 Å². The molecule has 0 aliphatic carbocycles. The van der Waals surface area contributed by atoms with Gasteiger partial charge >= 0.3 is 0 Å². The summed E-state index contributed by atoms with van der Waals surface area (Å²) in [7, 11) is 2.01. The second kappa shape index (κ2) is 8.24. The minimum Gasteiger partial charge on any atom is -0.394 e. The number of nitrogens with zero attached hydrogens (tertiary/aromatic N) is 2. The van der Waals surface area contributed by atoms with Crippen molar-refractivity contribution >= 4 is 11.6 Å². The quantitative estimate of drug-likeness (QED) is 0.818. The molecule has 3 aliphatic rings. The molecule has 2 saturated heterocycles. The molecule has 2 aromatic carbocycles. The molecule has 1 amide bonds. The van der Waals surface area contributed by atoms with Gasteiger partial charge in [-0.3, -0.25) is 4.79 Å². The fraction of sp³-hybridized carbons (Fsp3) is 0.480. The second-order valence-corrected chi connectivity index (χ2v) is 8.96. The Kier molecular flexibility index (Phi) is 5.44. The average molecular weight is 425 g/mol. The molecule has 5 nitrogen and oxygen atoms in total. The Morgan fingerprint density at radius 3 is 2.65 bits per heavy atom. The minimum atomic E-state index is -0.261. The molecule has 3 aliphatic heterocycles. The van der Waals surface area contributed by atoms with E-state index >= 15 is 0 Å². The molecule has 2 aromatic rings. The number of likely N-dealkylation sites (tertiary alicyclic amines) is 1. The van der Waals surface area contributed by atoms with Gasteiger partial charge in [0.15, 0.2) is 0 Å². The maximum atomic E-state index is 13.8. The predicted molar refractivity (Wildman–Crippen MR) is 117 cm³/mol. The van der Waals surface area contributed by atoms with E-state index in [-0.39, 0.29) is 42.3 Å². The minimum absolute atomic E-state index is 0.00887.